The van der Waals surface area contributed by atoms with E-state index in [1.807, 2.05) is 0 Å². The zero-order valence-electron chi connectivity index (χ0n) is 17.6. The summed E-state index contributed by atoms with van der Waals surface area (Å²) in [7, 11) is 0. The van der Waals surface area contributed by atoms with E-state index in [2.05, 4.69) is 0 Å². The summed E-state index contributed by atoms with van der Waals surface area (Å²) in [4.78, 5) is 25.4. The summed E-state index contributed by atoms with van der Waals surface area (Å²) in [5.74, 6) is -1.64. The lowest BCUT2D eigenvalue weighted by Gasteiger charge is -2.22. The molecule has 3 rings (SSSR count). The van der Waals surface area contributed by atoms with Crippen LogP contribution < -0.4 is 5.43 Å². The normalized spacial score (nSPS) is 12.1. The van der Waals surface area contributed by atoms with Gasteiger partial charge in [-0.1, -0.05) is 29.8 Å². The maximum Gasteiger partial charge on any atom is 0.417 e. The van der Waals surface area contributed by atoms with Crippen molar-refractivity contribution in [2.45, 2.75) is 32.7 Å². The van der Waals surface area contributed by atoms with E-state index in [0.717, 1.165) is 6.07 Å². The number of nitrogens with zero attached hydrogens (tertiary/aromatic N) is 1. The maximum atomic E-state index is 13.5. The van der Waals surface area contributed by atoms with Crippen molar-refractivity contribution in [1.29, 1.82) is 0 Å². The fourth-order valence-electron chi connectivity index (χ4n) is 3.86. The Morgan fingerprint density at radius 3 is 1.94 bits per heavy atom. The summed E-state index contributed by atoms with van der Waals surface area (Å²) >= 11 is 5.88. The summed E-state index contributed by atoms with van der Waals surface area (Å²) in [5, 5.41) is 10.2. The summed E-state index contributed by atoms with van der Waals surface area (Å²) in [6.45, 7) is 3.13. The Kier molecular flexibility index (Phi) is 6.58. The Morgan fingerprint density at radius 2 is 1.47 bits per heavy atom. The average molecular weight is 504 g/mol. The molecule has 0 fully saturated rings. The molecule has 0 unspecified atom stereocenters. The molecular weight excluding hydrogens is 488 g/mol. The summed E-state index contributed by atoms with van der Waals surface area (Å²) in [6.07, 6.45) is -10.6. The Bertz CT molecular complexity index is 1320. The van der Waals surface area contributed by atoms with Crippen molar-refractivity contribution in [3.05, 3.63) is 80.1 Å². The summed E-state index contributed by atoms with van der Waals surface area (Å²) in [6, 6.07) is 7.10. The molecule has 0 saturated heterocycles. The standard InChI is InChI=1S/C23H16ClF6NO3/c1-3-31-11(2)17(13-6-9-15(22(25,26)27)16(10-13)23(28,29)30)20(32)18(21(33)34)19(31)12-4-7-14(24)8-5-12/h4-10H,3H2,1-2H3,(H,33,34). The Labute approximate surface area is 194 Å². The molecule has 0 aliphatic carbocycles. The largest absolute Gasteiger partial charge is 0.477 e. The van der Waals surface area contributed by atoms with E-state index in [0.29, 0.717) is 10.6 Å². The van der Waals surface area contributed by atoms with E-state index in [1.165, 1.54) is 35.8 Å². The highest BCUT2D eigenvalue weighted by Gasteiger charge is 2.43. The van der Waals surface area contributed by atoms with Gasteiger partial charge in [-0.3, -0.25) is 4.79 Å². The highest BCUT2D eigenvalue weighted by Crippen LogP contribution is 2.42. The molecule has 2 aromatic carbocycles. The predicted octanol–water partition coefficient (Wildman–Crippen LogP) is 6.90. The number of benzene rings is 2. The first-order chi connectivity index (χ1) is 15.7. The zero-order chi connectivity index (χ0) is 25.6. The van der Waals surface area contributed by atoms with Crippen molar-refractivity contribution < 1.29 is 36.2 Å². The van der Waals surface area contributed by atoms with Gasteiger partial charge in [0.2, 0.25) is 5.43 Å². The molecular formula is C23H16ClF6NO3. The number of carboxylic acids is 1. The van der Waals surface area contributed by atoms with Crippen molar-refractivity contribution in [1.82, 2.24) is 4.57 Å². The van der Waals surface area contributed by atoms with Crippen LogP contribution in [0.5, 0.6) is 0 Å². The minimum Gasteiger partial charge on any atom is -0.477 e. The van der Waals surface area contributed by atoms with Gasteiger partial charge < -0.3 is 9.67 Å². The van der Waals surface area contributed by atoms with Crippen LogP contribution in [-0.2, 0) is 18.9 Å². The lowest BCUT2D eigenvalue weighted by atomic mass is 9.93. The fourth-order valence-corrected chi connectivity index (χ4v) is 3.98. The van der Waals surface area contributed by atoms with Gasteiger partial charge in [0.1, 0.15) is 5.56 Å². The van der Waals surface area contributed by atoms with E-state index in [1.54, 1.807) is 6.92 Å². The molecule has 3 aromatic rings. The number of aromatic carboxylic acids is 1. The number of aromatic nitrogens is 1. The number of hydrogen-bond acceptors (Lipinski definition) is 2. The molecule has 34 heavy (non-hydrogen) atoms. The van der Waals surface area contributed by atoms with Gasteiger partial charge in [-0.2, -0.15) is 26.3 Å². The minimum absolute atomic E-state index is 0.000809. The number of halogens is 7. The highest BCUT2D eigenvalue weighted by atomic mass is 35.5. The summed E-state index contributed by atoms with van der Waals surface area (Å²) < 4.78 is 81.3. The monoisotopic (exact) mass is 503 g/mol. The van der Waals surface area contributed by atoms with Crippen LogP contribution >= 0.6 is 11.6 Å². The smallest absolute Gasteiger partial charge is 0.417 e. The van der Waals surface area contributed by atoms with Gasteiger partial charge >= 0.3 is 18.3 Å². The van der Waals surface area contributed by atoms with Crippen LogP contribution in [-0.4, -0.2) is 15.6 Å². The zero-order valence-corrected chi connectivity index (χ0v) is 18.4. The third-order valence-electron chi connectivity index (χ3n) is 5.29. The van der Waals surface area contributed by atoms with Gasteiger partial charge in [0.05, 0.1) is 16.8 Å². The van der Waals surface area contributed by atoms with Crippen LogP contribution in [0.3, 0.4) is 0 Å². The first-order valence-electron chi connectivity index (χ1n) is 9.73. The summed E-state index contributed by atoms with van der Waals surface area (Å²) in [5.41, 5.74) is -6.22. The number of pyridine rings is 1. The fraction of sp³-hybridized carbons (Fsp3) is 0.217. The molecule has 180 valence electrons. The van der Waals surface area contributed by atoms with Gasteiger partial charge in [0.25, 0.3) is 0 Å². The minimum atomic E-state index is -5.36. The Hall–Kier alpha value is -3.27. The lowest BCUT2D eigenvalue weighted by Crippen LogP contribution is -2.25. The molecule has 1 heterocycles. The van der Waals surface area contributed by atoms with E-state index in [9.17, 15) is 41.0 Å². The molecule has 0 amide bonds. The quantitative estimate of drug-likeness (QED) is 0.394. The average Bonchev–Trinajstić information content (AvgIpc) is 2.72. The molecule has 1 aromatic heterocycles. The maximum absolute atomic E-state index is 13.5. The number of hydrogen-bond donors (Lipinski definition) is 1. The molecule has 11 heteroatoms. The Morgan fingerprint density at radius 1 is 0.941 bits per heavy atom. The van der Waals surface area contributed by atoms with Gasteiger partial charge in [0, 0.05) is 22.8 Å². The highest BCUT2D eigenvalue weighted by molar-refractivity contribution is 6.30. The SMILES string of the molecule is CCn1c(C)c(-c2ccc(C(F)(F)F)c(C(F)(F)F)c2)c(=O)c(C(=O)O)c1-c1ccc(Cl)cc1. The molecule has 0 radical (unpaired) electrons. The molecule has 0 aliphatic rings. The molecule has 0 bridgehead atoms. The van der Waals surface area contributed by atoms with Crippen molar-refractivity contribution in [2.75, 3.05) is 0 Å². The van der Waals surface area contributed by atoms with Gasteiger partial charge in [-0.15, -0.1) is 0 Å². The van der Waals surface area contributed by atoms with Gasteiger partial charge in [-0.05, 0) is 49.2 Å². The van der Waals surface area contributed by atoms with E-state index < -0.39 is 51.6 Å². The third-order valence-corrected chi connectivity index (χ3v) is 5.55. The first kappa shape index (κ1) is 25.4. The van der Waals surface area contributed by atoms with Crippen molar-refractivity contribution >= 4 is 17.6 Å². The second-order valence-corrected chi connectivity index (χ2v) is 7.76. The number of carboxylic acid groups (broad SMARTS) is 1. The van der Waals surface area contributed by atoms with Crippen LogP contribution in [0, 0.1) is 6.92 Å². The third kappa shape index (κ3) is 4.54. The molecule has 1 N–H and O–H groups in total. The van der Waals surface area contributed by atoms with Crippen molar-refractivity contribution in [2.24, 2.45) is 0 Å². The van der Waals surface area contributed by atoms with Crippen molar-refractivity contribution in [3.63, 3.8) is 0 Å². The predicted molar refractivity (Wildman–Crippen MR) is 114 cm³/mol. The first-order valence-corrected chi connectivity index (χ1v) is 10.1. The van der Waals surface area contributed by atoms with Crippen LogP contribution in [0.1, 0.15) is 34.1 Å². The van der Waals surface area contributed by atoms with Crippen LogP contribution in [0.25, 0.3) is 22.4 Å². The van der Waals surface area contributed by atoms with Crippen LogP contribution in [0.15, 0.2) is 47.3 Å². The second kappa shape index (κ2) is 8.83. The number of carbonyl (C=O) groups is 1. The molecule has 0 saturated carbocycles. The topological polar surface area (TPSA) is 59.3 Å². The molecule has 0 aliphatic heterocycles. The number of alkyl halides is 6. The Balaban J connectivity index is 2.44. The van der Waals surface area contributed by atoms with Gasteiger partial charge in [0.15, 0.2) is 0 Å². The van der Waals surface area contributed by atoms with Crippen LogP contribution in [0.4, 0.5) is 26.3 Å². The lowest BCUT2D eigenvalue weighted by molar-refractivity contribution is -0.162. The van der Waals surface area contributed by atoms with Crippen LogP contribution in [0.2, 0.25) is 5.02 Å². The van der Waals surface area contributed by atoms with Gasteiger partial charge in [-0.25, -0.2) is 4.79 Å². The molecule has 0 spiro atoms. The van der Waals surface area contributed by atoms with E-state index >= 15 is 0 Å². The molecule has 4 nitrogen and oxygen atoms in total. The van der Waals surface area contributed by atoms with E-state index in [4.69, 9.17) is 11.6 Å². The van der Waals surface area contributed by atoms with Crippen molar-refractivity contribution in [3.8, 4) is 22.4 Å². The van der Waals surface area contributed by atoms with E-state index in [-0.39, 0.29) is 30.1 Å². The number of rotatable bonds is 4. The molecule has 0 atom stereocenters. The second-order valence-electron chi connectivity index (χ2n) is 7.33.